The van der Waals surface area contributed by atoms with Crippen LogP contribution in [-0.4, -0.2) is 68.1 Å². The molecule has 0 saturated carbocycles. The van der Waals surface area contributed by atoms with Crippen molar-refractivity contribution in [2.24, 2.45) is 17.8 Å². The molecule has 7 nitrogen and oxygen atoms in total. The number of carboxylic acids is 1. The minimum atomic E-state index is -0.979. The Morgan fingerprint density at radius 3 is 2.65 bits per heavy atom. The number of carbonyl (C=O) groups is 3. The minimum absolute atomic E-state index is 0.0986. The van der Waals surface area contributed by atoms with E-state index < -0.39 is 34.6 Å². The molecule has 184 valence electrons. The number of likely N-dealkylation sites (tertiary alicyclic amines) is 1. The number of thioether (sulfide) groups is 1. The normalized spacial score (nSPS) is 30.5. The van der Waals surface area contributed by atoms with Crippen LogP contribution in [0.15, 0.2) is 30.9 Å². The van der Waals surface area contributed by atoms with Gasteiger partial charge >= 0.3 is 5.97 Å². The first-order valence-electron chi connectivity index (χ1n) is 11.9. The van der Waals surface area contributed by atoms with Crippen molar-refractivity contribution in [2.45, 2.75) is 62.6 Å². The molecule has 3 heterocycles. The van der Waals surface area contributed by atoms with Gasteiger partial charge in [-0.15, -0.1) is 18.3 Å². The number of aliphatic hydroxyl groups excluding tert-OH is 1. The van der Waals surface area contributed by atoms with Gasteiger partial charge < -0.3 is 20.0 Å². The fourth-order valence-corrected chi connectivity index (χ4v) is 8.42. The van der Waals surface area contributed by atoms with Gasteiger partial charge in [-0.25, -0.2) is 0 Å². The van der Waals surface area contributed by atoms with E-state index in [1.807, 2.05) is 45.9 Å². The van der Waals surface area contributed by atoms with Crippen LogP contribution in [0, 0.1) is 31.6 Å². The predicted octanol–water partition coefficient (Wildman–Crippen LogP) is 3.02. The van der Waals surface area contributed by atoms with E-state index in [2.05, 4.69) is 6.58 Å². The van der Waals surface area contributed by atoms with Crippen molar-refractivity contribution in [2.75, 3.05) is 18.1 Å². The van der Waals surface area contributed by atoms with E-state index in [9.17, 15) is 24.6 Å². The first kappa shape index (κ1) is 24.8. The van der Waals surface area contributed by atoms with Gasteiger partial charge in [-0.3, -0.25) is 14.4 Å². The second-order valence-corrected chi connectivity index (χ2v) is 11.8. The van der Waals surface area contributed by atoms with Gasteiger partial charge in [0.25, 0.3) is 5.91 Å². The molecular weight excluding hydrogens is 452 g/mol. The van der Waals surface area contributed by atoms with E-state index >= 15 is 0 Å². The number of carboxylic acid groups (broad SMARTS) is 1. The van der Waals surface area contributed by atoms with Crippen LogP contribution in [0.1, 0.15) is 37.8 Å². The van der Waals surface area contributed by atoms with Gasteiger partial charge in [0.2, 0.25) is 5.91 Å². The molecule has 2 unspecified atom stereocenters. The molecule has 1 aromatic carbocycles. The third-order valence-corrected chi connectivity index (χ3v) is 9.76. The van der Waals surface area contributed by atoms with Crippen molar-refractivity contribution in [3.63, 3.8) is 0 Å². The van der Waals surface area contributed by atoms with E-state index in [4.69, 9.17) is 0 Å². The summed E-state index contributed by atoms with van der Waals surface area (Å²) in [5.41, 5.74) is 2.70. The Labute approximate surface area is 205 Å². The number of hydrogen-bond acceptors (Lipinski definition) is 5. The zero-order valence-corrected chi connectivity index (χ0v) is 21.0. The highest BCUT2D eigenvalue weighted by molar-refractivity contribution is 8.02. The maximum Gasteiger partial charge on any atom is 0.308 e. The van der Waals surface area contributed by atoms with Gasteiger partial charge in [0.05, 0.1) is 29.2 Å². The topological polar surface area (TPSA) is 98.2 Å². The number of hydrogen-bond donors (Lipinski definition) is 2. The minimum Gasteiger partial charge on any atom is -0.481 e. The summed E-state index contributed by atoms with van der Waals surface area (Å²) < 4.78 is -0.804. The summed E-state index contributed by atoms with van der Waals surface area (Å²) in [6, 6.07) is 4.50. The van der Waals surface area contributed by atoms with E-state index in [0.717, 1.165) is 16.8 Å². The van der Waals surface area contributed by atoms with Crippen LogP contribution in [-0.2, 0) is 14.4 Å². The highest BCUT2D eigenvalue weighted by Crippen LogP contribution is 2.67. The van der Waals surface area contributed by atoms with Crippen LogP contribution in [0.4, 0.5) is 5.69 Å². The molecule has 3 saturated heterocycles. The maximum atomic E-state index is 14.4. The number of amides is 2. The molecule has 4 rings (SSSR count). The van der Waals surface area contributed by atoms with Crippen molar-refractivity contribution in [1.82, 2.24) is 4.90 Å². The first-order valence-corrected chi connectivity index (χ1v) is 12.8. The molecule has 1 aromatic rings. The van der Waals surface area contributed by atoms with Crippen LogP contribution in [0.2, 0.25) is 0 Å². The second-order valence-electron chi connectivity index (χ2n) is 10.2. The van der Waals surface area contributed by atoms with Crippen molar-refractivity contribution in [3.8, 4) is 0 Å². The van der Waals surface area contributed by atoms with Crippen LogP contribution in [0.25, 0.3) is 0 Å². The summed E-state index contributed by atoms with van der Waals surface area (Å²) in [6.45, 7) is 11.6. The Morgan fingerprint density at radius 2 is 2.06 bits per heavy atom. The molecule has 1 spiro atoms. The molecule has 3 aliphatic rings. The van der Waals surface area contributed by atoms with Crippen molar-refractivity contribution >= 4 is 35.2 Å². The summed E-state index contributed by atoms with van der Waals surface area (Å²) >= 11 is 1.51. The van der Waals surface area contributed by atoms with Gasteiger partial charge in [0, 0.05) is 17.5 Å². The fraction of sp³-hybridized carbons (Fsp3) is 0.577. The predicted molar refractivity (Wildman–Crippen MR) is 133 cm³/mol. The lowest BCUT2D eigenvalue weighted by atomic mass is 9.71. The number of aliphatic hydroxyl groups is 1. The van der Waals surface area contributed by atoms with Crippen molar-refractivity contribution in [1.29, 1.82) is 0 Å². The largest absolute Gasteiger partial charge is 0.481 e. The summed E-state index contributed by atoms with van der Waals surface area (Å²) in [5.74, 6) is -3.20. The van der Waals surface area contributed by atoms with Gasteiger partial charge in [0.1, 0.15) is 6.04 Å². The molecule has 6 atom stereocenters. The molecule has 3 fully saturated rings. The Hall–Kier alpha value is -2.32. The van der Waals surface area contributed by atoms with E-state index in [-0.39, 0.29) is 36.1 Å². The second kappa shape index (κ2) is 9.04. The van der Waals surface area contributed by atoms with E-state index in [1.165, 1.54) is 11.8 Å². The number of fused-ring (bicyclic) bond motifs is 1. The molecule has 0 aromatic heterocycles. The van der Waals surface area contributed by atoms with Gasteiger partial charge in [-0.05, 0) is 49.8 Å². The van der Waals surface area contributed by atoms with E-state index in [1.54, 1.807) is 15.9 Å². The Morgan fingerprint density at radius 1 is 1.35 bits per heavy atom. The van der Waals surface area contributed by atoms with Crippen LogP contribution < -0.4 is 4.90 Å². The lowest BCUT2D eigenvalue weighted by Gasteiger charge is -2.41. The zero-order chi connectivity index (χ0) is 24.9. The lowest BCUT2D eigenvalue weighted by molar-refractivity contribution is -0.149. The lowest BCUT2D eigenvalue weighted by Crippen LogP contribution is -2.58. The number of carbonyl (C=O) groups excluding carboxylic acids is 2. The third kappa shape index (κ3) is 3.57. The molecule has 8 heteroatoms. The zero-order valence-electron chi connectivity index (χ0n) is 20.2. The SMILES string of the molecule is C=CCN(C(=O)C1N([C@@H](CO)C(C)C)C(=O)[C@@H]2[C@H](C(=O)O)[C@@H]3CCC12S3)c1cc(C)ccc1C. The first-order chi connectivity index (χ1) is 16.1. The maximum absolute atomic E-state index is 14.4. The quantitative estimate of drug-likeness (QED) is 0.548. The molecule has 2 N–H and O–H groups in total. The van der Waals surface area contributed by atoms with E-state index in [0.29, 0.717) is 12.8 Å². The highest BCUT2D eigenvalue weighted by atomic mass is 32.2. The van der Waals surface area contributed by atoms with Gasteiger partial charge in [-0.1, -0.05) is 32.1 Å². The van der Waals surface area contributed by atoms with Gasteiger partial charge in [-0.2, -0.15) is 0 Å². The van der Waals surface area contributed by atoms with Gasteiger partial charge in [0.15, 0.2) is 0 Å². The summed E-state index contributed by atoms with van der Waals surface area (Å²) in [4.78, 5) is 43.8. The standard InChI is InChI=1S/C26H34N2O5S/c1-6-11-27(17-12-15(4)7-8-16(17)5)24(31)22-26-10-9-19(34-26)20(25(32)33)21(26)23(30)28(22)18(13-29)14(2)3/h6-8,12,14,18-22,29H,1,9-11,13H2,2-5H3,(H,32,33)/t18-,19-,20+,21-,22?,26?/m0/s1. The van der Waals surface area contributed by atoms with Crippen molar-refractivity contribution in [3.05, 3.63) is 42.0 Å². The number of rotatable bonds is 8. The van der Waals surface area contributed by atoms with Crippen LogP contribution >= 0.6 is 11.8 Å². The molecule has 0 aliphatic carbocycles. The molecule has 0 radical (unpaired) electrons. The Bertz CT molecular complexity index is 1030. The number of aliphatic carboxylic acids is 1. The summed E-state index contributed by atoms with van der Waals surface area (Å²) in [6.07, 6.45) is 2.95. The molecule has 34 heavy (non-hydrogen) atoms. The molecular formula is C26H34N2O5S. The third-order valence-electron chi connectivity index (χ3n) is 7.80. The fourth-order valence-electron chi connectivity index (χ4n) is 6.22. The molecule has 3 aliphatic heterocycles. The Kier molecular flexibility index (Phi) is 6.59. The van der Waals surface area contributed by atoms with Crippen molar-refractivity contribution < 1.29 is 24.6 Å². The van der Waals surface area contributed by atoms with Crippen LogP contribution in [0.5, 0.6) is 0 Å². The average molecular weight is 487 g/mol. The smallest absolute Gasteiger partial charge is 0.308 e. The highest BCUT2D eigenvalue weighted by Gasteiger charge is 2.74. The summed E-state index contributed by atoms with van der Waals surface area (Å²) in [7, 11) is 0. The number of aryl methyl sites for hydroxylation is 2. The number of benzene rings is 1. The Balaban J connectivity index is 1.87. The number of anilines is 1. The average Bonchev–Trinajstić information content (AvgIpc) is 3.42. The summed E-state index contributed by atoms with van der Waals surface area (Å²) in [5, 5.41) is 20.1. The molecule has 2 bridgehead atoms. The monoisotopic (exact) mass is 486 g/mol. The number of nitrogens with zero attached hydrogens (tertiary/aromatic N) is 2. The molecule has 2 amide bonds. The van der Waals surface area contributed by atoms with Crippen LogP contribution in [0.3, 0.4) is 0 Å².